The van der Waals surface area contributed by atoms with Gasteiger partial charge in [-0.25, -0.2) is 0 Å². The molecule has 3 heteroatoms. The van der Waals surface area contributed by atoms with Gasteiger partial charge in [-0.15, -0.1) is 0 Å². The van der Waals surface area contributed by atoms with Crippen LogP contribution in [0.1, 0.15) is 48.0 Å². The van der Waals surface area contributed by atoms with Crippen LogP contribution in [0.4, 0.5) is 0 Å². The maximum Gasteiger partial charge on any atom is 0.200 e. The lowest BCUT2D eigenvalue weighted by Crippen LogP contribution is -2.50. The SMILES string of the molecule is CC(C)[Si](O[C@@H]1CCNC1)(C(C)C)C(C)C. The second-order valence-electron chi connectivity index (χ2n) is 6.05. The zero-order valence-electron chi connectivity index (χ0n) is 11.8. The standard InChI is InChI=1S/C13H29NOSi/c1-10(2)16(11(3)4,12(5)6)15-13-7-8-14-9-13/h10-14H,7-9H2,1-6H3/t13-/m1/s1. The van der Waals surface area contributed by atoms with Gasteiger partial charge in [-0.1, -0.05) is 41.5 Å². The number of rotatable bonds is 5. The van der Waals surface area contributed by atoms with E-state index in [2.05, 4.69) is 46.9 Å². The average Bonchev–Trinajstić information content (AvgIpc) is 2.64. The van der Waals surface area contributed by atoms with E-state index in [1.807, 2.05) is 0 Å². The molecule has 0 amide bonds. The quantitative estimate of drug-likeness (QED) is 0.746. The Balaban J connectivity index is 2.82. The topological polar surface area (TPSA) is 21.3 Å². The van der Waals surface area contributed by atoms with Crippen molar-refractivity contribution in [1.82, 2.24) is 5.32 Å². The van der Waals surface area contributed by atoms with E-state index in [-0.39, 0.29) is 0 Å². The fourth-order valence-electron chi connectivity index (χ4n) is 3.43. The van der Waals surface area contributed by atoms with Gasteiger partial charge >= 0.3 is 0 Å². The molecule has 1 heterocycles. The molecule has 1 saturated heterocycles. The molecule has 16 heavy (non-hydrogen) atoms. The third-order valence-corrected chi connectivity index (χ3v) is 10.2. The molecule has 1 aliphatic heterocycles. The van der Waals surface area contributed by atoms with E-state index in [4.69, 9.17) is 4.43 Å². The summed E-state index contributed by atoms with van der Waals surface area (Å²) in [7, 11) is -1.63. The zero-order valence-corrected chi connectivity index (χ0v) is 12.8. The van der Waals surface area contributed by atoms with E-state index in [0.717, 1.165) is 13.1 Å². The Labute approximate surface area is 102 Å². The van der Waals surface area contributed by atoms with Crippen LogP contribution in [0.2, 0.25) is 16.6 Å². The molecule has 1 aliphatic rings. The average molecular weight is 243 g/mol. The molecule has 0 saturated carbocycles. The summed E-state index contributed by atoms with van der Waals surface area (Å²) >= 11 is 0. The first kappa shape index (κ1) is 14.2. The van der Waals surface area contributed by atoms with Gasteiger partial charge in [0.25, 0.3) is 0 Å². The van der Waals surface area contributed by atoms with Crippen molar-refractivity contribution in [1.29, 1.82) is 0 Å². The lowest BCUT2D eigenvalue weighted by atomic mass is 10.3. The van der Waals surface area contributed by atoms with Crippen LogP contribution >= 0.6 is 0 Å². The van der Waals surface area contributed by atoms with Gasteiger partial charge in [0, 0.05) is 6.54 Å². The van der Waals surface area contributed by atoms with Gasteiger partial charge in [0.15, 0.2) is 0 Å². The third kappa shape index (κ3) is 2.69. The molecule has 1 N–H and O–H groups in total. The highest BCUT2D eigenvalue weighted by Gasteiger charge is 2.46. The lowest BCUT2D eigenvalue weighted by molar-refractivity contribution is 0.192. The Morgan fingerprint density at radius 3 is 1.81 bits per heavy atom. The van der Waals surface area contributed by atoms with Crippen LogP contribution in [0, 0.1) is 0 Å². The Morgan fingerprint density at radius 1 is 1.00 bits per heavy atom. The number of hydrogen-bond donors (Lipinski definition) is 1. The van der Waals surface area contributed by atoms with Crippen molar-refractivity contribution in [2.75, 3.05) is 13.1 Å². The van der Waals surface area contributed by atoms with Gasteiger partial charge in [-0.2, -0.15) is 0 Å². The summed E-state index contributed by atoms with van der Waals surface area (Å²) in [5.41, 5.74) is 2.11. The van der Waals surface area contributed by atoms with Crippen LogP contribution in [0.25, 0.3) is 0 Å². The fourth-order valence-corrected chi connectivity index (χ4v) is 9.02. The summed E-state index contributed by atoms with van der Waals surface area (Å²) in [4.78, 5) is 0. The second-order valence-corrected chi connectivity index (χ2v) is 11.5. The summed E-state index contributed by atoms with van der Waals surface area (Å²) in [5.74, 6) is 0. The highest BCUT2D eigenvalue weighted by atomic mass is 28.4. The van der Waals surface area contributed by atoms with Crippen molar-refractivity contribution < 1.29 is 4.43 Å². The molecule has 0 radical (unpaired) electrons. The summed E-state index contributed by atoms with van der Waals surface area (Å²) in [6.45, 7) is 16.3. The molecule has 96 valence electrons. The van der Waals surface area contributed by atoms with Gasteiger partial charge in [0.1, 0.15) is 0 Å². The maximum absolute atomic E-state index is 6.66. The summed E-state index contributed by atoms with van der Waals surface area (Å²) in [5, 5.41) is 3.41. The largest absolute Gasteiger partial charge is 0.412 e. The van der Waals surface area contributed by atoms with Crippen LogP contribution in [0.5, 0.6) is 0 Å². The van der Waals surface area contributed by atoms with Crippen molar-refractivity contribution >= 4 is 8.32 Å². The van der Waals surface area contributed by atoms with Crippen molar-refractivity contribution in [3.63, 3.8) is 0 Å². The predicted octanol–water partition coefficient (Wildman–Crippen LogP) is 3.54. The van der Waals surface area contributed by atoms with Gasteiger partial charge in [0.05, 0.1) is 6.10 Å². The summed E-state index contributed by atoms with van der Waals surface area (Å²) in [6, 6.07) is 0. The second kappa shape index (κ2) is 5.65. The molecule has 1 rings (SSSR count). The molecular weight excluding hydrogens is 214 g/mol. The number of hydrogen-bond acceptors (Lipinski definition) is 2. The summed E-state index contributed by atoms with van der Waals surface area (Å²) < 4.78 is 6.66. The van der Waals surface area contributed by atoms with E-state index in [9.17, 15) is 0 Å². The van der Waals surface area contributed by atoms with Crippen molar-refractivity contribution in [2.24, 2.45) is 0 Å². The molecule has 0 unspecified atom stereocenters. The Hall–Kier alpha value is 0.137. The normalized spacial score (nSPS) is 22.7. The molecule has 0 aromatic heterocycles. The van der Waals surface area contributed by atoms with Crippen LogP contribution < -0.4 is 5.32 Å². The molecule has 2 nitrogen and oxygen atoms in total. The van der Waals surface area contributed by atoms with E-state index in [1.54, 1.807) is 0 Å². The molecule has 0 aromatic carbocycles. The van der Waals surface area contributed by atoms with E-state index in [1.165, 1.54) is 6.42 Å². The van der Waals surface area contributed by atoms with Gasteiger partial charge in [-0.3, -0.25) is 0 Å². The zero-order chi connectivity index (χ0) is 12.3. The van der Waals surface area contributed by atoms with Gasteiger partial charge in [-0.05, 0) is 29.6 Å². The first-order valence-electron chi connectivity index (χ1n) is 6.79. The molecule has 0 bridgehead atoms. The Kier molecular flexibility index (Phi) is 5.01. The van der Waals surface area contributed by atoms with Crippen molar-refractivity contribution in [3.8, 4) is 0 Å². The first-order chi connectivity index (χ1) is 7.41. The minimum Gasteiger partial charge on any atom is -0.412 e. The lowest BCUT2D eigenvalue weighted by Gasteiger charge is -2.44. The van der Waals surface area contributed by atoms with Crippen LogP contribution in [-0.4, -0.2) is 27.5 Å². The molecule has 0 spiro atoms. The minimum absolute atomic E-state index is 0.471. The molecule has 0 aliphatic carbocycles. The fraction of sp³-hybridized carbons (Fsp3) is 1.00. The van der Waals surface area contributed by atoms with E-state index >= 15 is 0 Å². The molecule has 1 fully saturated rings. The third-order valence-electron chi connectivity index (χ3n) is 4.09. The Morgan fingerprint density at radius 2 is 1.50 bits per heavy atom. The van der Waals surface area contributed by atoms with Crippen LogP contribution in [0.3, 0.4) is 0 Å². The predicted molar refractivity (Wildman–Crippen MR) is 73.4 cm³/mol. The highest BCUT2D eigenvalue weighted by molar-refractivity contribution is 6.77. The van der Waals surface area contributed by atoms with E-state index < -0.39 is 8.32 Å². The van der Waals surface area contributed by atoms with Crippen molar-refractivity contribution in [2.45, 2.75) is 70.7 Å². The van der Waals surface area contributed by atoms with Gasteiger partial charge < -0.3 is 9.74 Å². The molecule has 1 atom stereocenters. The minimum atomic E-state index is -1.63. The summed E-state index contributed by atoms with van der Waals surface area (Å²) in [6.07, 6.45) is 1.67. The molecule has 0 aromatic rings. The van der Waals surface area contributed by atoms with Gasteiger partial charge in [0.2, 0.25) is 8.32 Å². The first-order valence-corrected chi connectivity index (χ1v) is 8.93. The molecular formula is C13H29NOSi. The van der Waals surface area contributed by atoms with E-state index in [0.29, 0.717) is 22.7 Å². The smallest absolute Gasteiger partial charge is 0.200 e. The van der Waals surface area contributed by atoms with Crippen LogP contribution in [0.15, 0.2) is 0 Å². The number of nitrogens with one attached hydrogen (secondary N) is 1. The highest BCUT2D eigenvalue weighted by Crippen LogP contribution is 2.43. The Bertz CT molecular complexity index is 188. The maximum atomic E-state index is 6.66. The van der Waals surface area contributed by atoms with Crippen LogP contribution in [-0.2, 0) is 4.43 Å². The monoisotopic (exact) mass is 243 g/mol. The van der Waals surface area contributed by atoms with Crippen molar-refractivity contribution in [3.05, 3.63) is 0 Å².